The van der Waals surface area contributed by atoms with E-state index in [9.17, 15) is 9.18 Å². The summed E-state index contributed by atoms with van der Waals surface area (Å²) in [5.41, 5.74) is 5.84. The molecule has 0 radical (unpaired) electrons. The molecule has 0 amide bonds. The van der Waals surface area contributed by atoms with Gasteiger partial charge in [-0.25, -0.2) is 4.79 Å². The maximum atomic E-state index is 13.3. The topological polar surface area (TPSA) is 87.3 Å². The molecule has 9 heteroatoms. The number of carbonyl (C=O) groups excluding carboxylic acids is 1. The molecule has 0 fully saturated rings. The van der Waals surface area contributed by atoms with Gasteiger partial charge >= 0.3 is 5.97 Å². The second-order valence-corrected chi connectivity index (χ2v) is 4.78. The Hall–Kier alpha value is -2.12. The van der Waals surface area contributed by atoms with E-state index in [-0.39, 0.29) is 23.2 Å². The number of halogens is 3. The summed E-state index contributed by atoms with van der Waals surface area (Å²) in [6.45, 7) is -0.526. The van der Waals surface area contributed by atoms with Crippen LogP contribution in [0.2, 0.25) is 10.0 Å². The van der Waals surface area contributed by atoms with Crippen LogP contribution in [0.1, 0.15) is 5.69 Å². The average molecular weight is 346 g/mol. The lowest BCUT2D eigenvalue weighted by molar-refractivity contribution is -0.147. The predicted molar refractivity (Wildman–Crippen MR) is 78.2 cm³/mol. The summed E-state index contributed by atoms with van der Waals surface area (Å²) >= 11 is 11.3. The fourth-order valence-electron chi connectivity index (χ4n) is 1.41. The average Bonchev–Trinajstić information content (AvgIpc) is 2.54. The second kappa shape index (κ2) is 7.24. The lowest BCUT2D eigenvalue weighted by Gasteiger charge is -2.09. The summed E-state index contributed by atoms with van der Waals surface area (Å²) in [7, 11) is 0. The van der Waals surface area contributed by atoms with E-state index in [2.05, 4.69) is 9.97 Å². The summed E-state index contributed by atoms with van der Waals surface area (Å²) < 4.78 is 23.2. The standard InChI is InChI=1S/C13H10Cl2FN3O3/c14-9-11(17)10(15)13(19-12(9)16)22-6-8(20)21-5-7-3-1-2-4-18-7/h1-4H,5-6H2,(H2,17,19). The number of esters is 1. The van der Waals surface area contributed by atoms with Gasteiger partial charge in [0.2, 0.25) is 11.8 Å². The van der Waals surface area contributed by atoms with E-state index < -0.39 is 23.5 Å². The Kier molecular flexibility index (Phi) is 5.35. The van der Waals surface area contributed by atoms with Gasteiger partial charge in [0.05, 0.1) is 11.4 Å². The maximum Gasteiger partial charge on any atom is 0.344 e. The van der Waals surface area contributed by atoms with E-state index in [1.165, 1.54) is 0 Å². The first kappa shape index (κ1) is 16.3. The molecule has 0 saturated carbocycles. The Morgan fingerprint density at radius 2 is 2.09 bits per heavy atom. The zero-order valence-electron chi connectivity index (χ0n) is 11.1. The first-order valence-electron chi connectivity index (χ1n) is 5.97. The highest BCUT2D eigenvalue weighted by Crippen LogP contribution is 2.35. The molecule has 22 heavy (non-hydrogen) atoms. The van der Waals surface area contributed by atoms with Crippen LogP contribution < -0.4 is 10.5 Å². The lowest BCUT2D eigenvalue weighted by Crippen LogP contribution is -2.16. The zero-order valence-corrected chi connectivity index (χ0v) is 12.6. The molecule has 0 bridgehead atoms. The molecule has 0 aliphatic heterocycles. The van der Waals surface area contributed by atoms with Crippen molar-refractivity contribution in [3.8, 4) is 5.88 Å². The van der Waals surface area contributed by atoms with E-state index >= 15 is 0 Å². The van der Waals surface area contributed by atoms with Crippen LogP contribution in [0.15, 0.2) is 24.4 Å². The Bertz CT molecular complexity index is 686. The summed E-state index contributed by atoms with van der Waals surface area (Å²) in [5.74, 6) is -2.08. The van der Waals surface area contributed by atoms with Crippen LogP contribution >= 0.6 is 23.2 Å². The number of pyridine rings is 2. The number of carbonyl (C=O) groups is 1. The minimum absolute atomic E-state index is 0.0126. The largest absolute Gasteiger partial charge is 0.464 e. The number of rotatable bonds is 5. The van der Waals surface area contributed by atoms with Gasteiger partial charge in [0.15, 0.2) is 6.61 Å². The first-order chi connectivity index (χ1) is 10.5. The predicted octanol–water partition coefficient (Wildman–Crippen LogP) is 2.63. The molecular formula is C13H10Cl2FN3O3. The molecule has 2 N–H and O–H groups in total. The molecule has 0 aromatic carbocycles. The minimum Gasteiger partial charge on any atom is -0.464 e. The van der Waals surface area contributed by atoms with Gasteiger partial charge in [0.1, 0.15) is 16.7 Å². The zero-order chi connectivity index (χ0) is 16.1. The van der Waals surface area contributed by atoms with Crippen molar-refractivity contribution >= 4 is 34.9 Å². The van der Waals surface area contributed by atoms with E-state index in [0.717, 1.165) is 0 Å². The highest BCUT2D eigenvalue weighted by molar-refractivity contribution is 6.39. The van der Waals surface area contributed by atoms with Crippen molar-refractivity contribution in [2.24, 2.45) is 0 Å². The number of anilines is 1. The Morgan fingerprint density at radius 1 is 1.32 bits per heavy atom. The number of ether oxygens (including phenoxy) is 2. The van der Waals surface area contributed by atoms with Gasteiger partial charge in [-0.1, -0.05) is 29.3 Å². The van der Waals surface area contributed by atoms with Crippen LogP contribution in [0.4, 0.5) is 10.1 Å². The number of hydrogen-bond acceptors (Lipinski definition) is 6. The molecule has 0 saturated heterocycles. The van der Waals surface area contributed by atoms with Crippen LogP contribution in [-0.4, -0.2) is 22.5 Å². The van der Waals surface area contributed by atoms with Gasteiger partial charge < -0.3 is 15.2 Å². The SMILES string of the molecule is Nc1c(Cl)c(F)nc(OCC(=O)OCc2ccccn2)c1Cl. The Morgan fingerprint density at radius 3 is 2.77 bits per heavy atom. The number of nitrogen functional groups attached to an aromatic ring is 1. The molecule has 6 nitrogen and oxygen atoms in total. The van der Waals surface area contributed by atoms with Crippen molar-refractivity contribution < 1.29 is 18.7 Å². The summed E-state index contributed by atoms with van der Waals surface area (Å²) in [6.07, 6.45) is 1.57. The van der Waals surface area contributed by atoms with Crippen molar-refractivity contribution in [1.29, 1.82) is 0 Å². The fraction of sp³-hybridized carbons (Fsp3) is 0.154. The highest BCUT2D eigenvalue weighted by Gasteiger charge is 2.17. The van der Waals surface area contributed by atoms with E-state index in [0.29, 0.717) is 5.69 Å². The summed E-state index contributed by atoms with van der Waals surface area (Å²) in [6, 6.07) is 5.19. The summed E-state index contributed by atoms with van der Waals surface area (Å²) in [5, 5.41) is -0.584. The number of aromatic nitrogens is 2. The molecule has 2 rings (SSSR count). The van der Waals surface area contributed by atoms with Gasteiger partial charge in [0.25, 0.3) is 0 Å². The maximum absolute atomic E-state index is 13.3. The number of nitrogens with zero attached hydrogens (tertiary/aromatic N) is 2. The van der Waals surface area contributed by atoms with Gasteiger partial charge in [0, 0.05) is 6.20 Å². The van der Waals surface area contributed by atoms with Gasteiger partial charge in [-0.05, 0) is 12.1 Å². The van der Waals surface area contributed by atoms with Crippen molar-refractivity contribution in [3.63, 3.8) is 0 Å². The highest BCUT2D eigenvalue weighted by atomic mass is 35.5. The smallest absolute Gasteiger partial charge is 0.344 e. The van der Waals surface area contributed by atoms with Crippen LogP contribution in [0.5, 0.6) is 5.88 Å². The number of nitrogens with two attached hydrogens (primary N) is 1. The first-order valence-corrected chi connectivity index (χ1v) is 6.73. The van der Waals surface area contributed by atoms with Crippen LogP contribution in [-0.2, 0) is 16.1 Å². The van der Waals surface area contributed by atoms with Crippen molar-refractivity contribution in [1.82, 2.24) is 9.97 Å². The third kappa shape index (κ3) is 3.96. The van der Waals surface area contributed by atoms with Crippen molar-refractivity contribution in [2.45, 2.75) is 6.61 Å². The molecule has 116 valence electrons. The van der Waals surface area contributed by atoms with E-state index in [1.807, 2.05) is 0 Å². The monoisotopic (exact) mass is 345 g/mol. The third-order valence-corrected chi connectivity index (χ3v) is 3.20. The van der Waals surface area contributed by atoms with Gasteiger partial charge in [-0.15, -0.1) is 0 Å². The Balaban J connectivity index is 1.92. The van der Waals surface area contributed by atoms with Crippen LogP contribution in [0, 0.1) is 5.95 Å². The molecular weight excluding hydrogens is 336 g/mol. The van der Waals surface area contributed by atoms with Crippen molar-refractivity contribution in [2.75, 3.05) is 12.3 Å². The fourth-order valence-corrected chi connectivity index (χ4v) is 1.79. The lowest BCUT2D eigenvalue weighted by atomic mass is 10.4. The normalized spacial score (nSPS) is 10.3. The molecule has 0 aliphatic carbocycles. The van der Waals surface area contributed by atoms with E-state index in [4.69, 9.17) is 38.4 Å². The Labute approximate surface area is 135 Å². The molecule has 0 aliphatic rings. The third-order valence-electron chi connectivity index (χ3n) is 2.48. The number of hydrogen-bond donors (Lipinski definition) is 1. The molecule has 0 spiro atoms. The van der Waals surface area contributed by atoms with Crippen molar-refractivity contribution in [3.05, 3.63) is 46.1 Å². The quantitative estimate of drug-likeness (QED) is 0.662. The van der Waals surface area contributed by atoms with Gasteiger partial charge in [-0.3, -0.25) is 4.98 Å². The second-order valence-electron chi connectivity index (χ2n) is 4.02. The van der Waals surface area contributed by atoms with Crippen LogP contribution in [0.3, 0.4) is 0 Å². The van der Waals surface area contributed by atoms with E-state index in [1.54, 1.807) is 24.4 Å². The van der Waals surface area contributed by atoms with Gasteiger partial charge in [-0.2, -0.15) is 9.37 Å². The molecule has 2 heterocycles. The molecule has 2 aromatic heterocycles. The van der Waals surface area contributed by atoms with Crippen LogP contribution in [0.25, 0.3) is 0 Å². The summed E-state index contributed by atoms with van der Waals surface area (Å²) in [4.78, 5) is 18.9. The molecule has 2 aromatic rings. The minimum atomic E-state index is -1.04. The molecule has 0 atom stereocenters. The molecule has 0 unspecified atom stereocenters.